The minimum absolute atomic E-state index is 0.0197. The number of nitrogens with zero attached hydrogens (tertiary/aromatic N) is 2. The minimum Gasteiger partial charge on any atom is -0.468 e. The van der Waals surface area contributed by atoms with Gasteiger partial charge in [0.25, 0.3) is 0 Å². The zero-order chi connectivity index (χ0) is 18.0. The van der Waals surface area contributed by atoms with Crippen molar-refractivity contribution < 1.29 is 27.5 Å². The molecule has 1 aliphatic heterocycles. The van der Waals surface area contributed by atoms with E-state index >= 15 is 0 Å². The predicted octanol–water partition coefficient (Wildman–Crippen LogP) is -0.565. The normalized spacial score (nSPS) is 18.3. The van der Waals surface area contributed by atoms with Crippen LogP contribution in [0.5, 0.6) is 0 Å². The van der Waals surface area contributed by atoms with Gasteiger partial charge in [-0.3, -0.25) is 14.5 Å². The van der Waals surface area contributed by atoms with Crippen molar-refractivity contribution in [1.29, 1.82) is 0 Å². The van der Waals surface area contributed by atoms with Crippen LogP contribution in [0.15, 0.2) is 0 Å². The lowest BCUT2D eigenvalue weighted by atomic mass is 10.3. The maximum absolute atomic E-state index is 12.1. The average Bonchev–Trinajstić information content (AvgIpc) is 2.63. The van der Waals surface area contributed by atoms with Crippen molar-refractivity contribution in [2.45, 2.75) is 12.6 Å². The van der Waals surface area contributed by atoms with E-state index in [1.165, 1.54) is 7.11 Å². The van der Waals surface area contributed by atoms with Crippen LogP contribution in [-0.4, -0.2) is 93.9 Å². The van der Waals surface area contributed by atoms with E-state index in [9.17, 15) is 22.8 Å². The summed E-state index contributed by atoms with van der Waals surface area (Å²) in [5.74, 6) is -2.20. The molecule has 140 valence electrons. The second kappa shape index (κ2) is 10.5. The number of alkyl halides is 3. The molecule has 0 saturated carbocycles. The number of halogens is 3. The zero-order valence-corrected chi connectivity index (χ0v) is 13.8. The highest BCUT2D eigenvalue weighted by atomic mass is 19.4. The predicted molar refractivity (Wildman–Crippen MR) is 81.4 cm³/mol. The fourth-order valence-electron chi connectivity index (χ4n) is 2.34. The van der Waals surface area contributed by atoms with Gasteiger partial charge in [-0.15, -0.1) is 0 Å². The van der Waals surface area contributed by atoms with Crippen molar-refractivity contribution in [2.24, 2.45) is 0 Å². The van der Waals surface area contributed by atoms with Crippen LogP contribution < -0.4 is 10.6 Å². The van der Waals surface area contributed by atoms with Gasteiger partial charge in [0.05, 0.1) is 13.7 Å². The van der Waals surface area contributed by atoms with E-state index in [4.69, 9.17) is 0 Å². The number of amides is 1. The number of hydrogen-bond acceptors (Lipinski definition) is 6. The van der Waals surface area contributed by atoms with E-state index in [1.807, 2.05) is 10.2 Å². The Morgan fingerprint density at radius 1 is 1.12 bits per heavy atom. The molecule has 7 nitrogen and oxygen atoms in total. The molecule has 1 rings (SSSR count). The molecule has 0 unspecified atom stereocenters. The molecule has 1 fully saturated rings. The number of nitrogens with one attached hydrogen (secondary N) is 2. The van der Waals surface area contributed by atoms with Gasteiger partial charge in [0.1, 0.15) is 0 Å². The lowest BCUT2D eigenvalue weighted by Crippen LogP contribution is -2.40. The SMILES string of the molecule is COC(=O)CN1CCNCCN(CCCNC(=O)C(F)(F)F)CC1. The Kier molecular flexibility index (Phi) is 9.01. The van der Waals surface area contributed by atoms with E-state index < -0.39 is 12.1 Å². The lowest BCUT2D eigenvalue weighted by molar-refractivity contribution is -0.173. The van der Waals surface area contributed by atoms with Crippen LogP contribution in [0.2, 0.25) is 0 Å². The number of ether oxygens (including phenoxy) is 1. The van der Waals surface area contributed by atoms with Crippen molar-refractivity contribution in [3.8, 4) is 0 Å². The summed E-state index contributed by atoms with van der Waals surface area (Å²) in [6.45, 7) is 5.16. The first-order valence-corrected chi connectivity index (χ1v) is 7.90. The van der Waals surface area contributed by atoms with Crippen LogP contribution in [0.4, 0.5) is 13.2 Å². The summed E-state index contributed by atoms with van der Waals surface area (Å²) >= 11 is 0. The third-order valence-corrected chi connectivity index (χ3v) is 3.72. The van der Waals surface area contributed by atoms with Gasteiger partial charge in [-0.05, 0) is 13.0 Å². The van der Waals surface area contributed by atoms with Gasteiger partial charge in [-0.2, -0.15) is 13.2 Å². The fourth-order valence-corrected chi connectivity index (χ4v) is 2.34. The molecule has 1 aliphatic rings. The van der Waals surface area contributed by atoms with E-state index in [-0.39, 0.29) is 19.1 Å². The molecule has 2 N–H and O–H groups in total. The van der Waals surface area contributed by atoms with Gasteiger partial charge in [0, 0.05) is 45.8 Å². The van der Waals surface area contributed by atoms with Crippen LogP contribution in [0.1, 0.15) is 6.42 Å². The van der Waals surface area contributed by atoms with Crippen LogP contribution in [0.25, 0.3) is 0 Å². The standard InChI is InChI=1S/C14H25F3N4O3/c1-24-12(22)11-21-8-5-18-4-7-20(9-10-21)6-2-3-19-13(23)14(15,16)17/h18H,2-11H2,1H3,(H,19,23). The smallest absolute Gasteiger partial charge is 0.468 e. The molecule has 1 amide bonds. The van der Waals surface area contributed by atoms with Crippen molar-refractivity contribution in [2.75, 3.05) is 66.0 Å². The number of carbonyl (C=O) groups excluding carboxylic acids is 2. The molecule has 1 heterocycles. The van der Waals surface area contributed by atoms with Crippen molar-refractivity contribution in [3.63, 3.8) is 0 Å². The van der Waals surface area contributed by atoms with Gasteiger partial charge >= 0.3 is 18.1 Å². The number of methoxy groups -OCH3 is 1. The maximum Gasteiger partial charge on any atom is 0.471 e. The second-order valence-electron chi connectivity index (χ2n) is 5.55. The Morgan fingerprint density at radius 3 is 2.38 bits per heavy atom. The topological polar surface area (TPSA) is 73.9 Å². The van der Waals surface area contributed by atoms with Gasteiger partial charge in [-0.1, -0.05) is 0 Å². The summed E-state index contributed by atoms with van der Waals surface area (Å²) in [6, 6.07) is 0. The first-order chi connectivity index (χ1) is 11.3. The molecular formula is C14H25F3N4O3. The molecule has 0 aromatic rings. The number of carbonyl (C=O) groups is 2. The summed E-state index contributed by atoms with van der Waals surface area (Å²) in [7, 11) is 1.35. The molecule has 0 bridgehead atoms. The summed E-state index contributed by atoms with van der Waals surface area (Å²) in [5.41, 5.74) is 0. The summed E-state index contributed by atoms with van der Waals surface area (Å²) in [5, 5.41) is 5.12. The number of hydrogen-bond donors (Lipinski definition) is 2. The molecule has 0 atom stereocenters. The van der Waals surface area contributed by atoms with Crippen LogP contribution in [-0.2, 0) is 14.3 Å². The molecule has 0 aliphatic carbocycles. The first-order valence-electron chi connectivity index (χ1n) is 7.90. The van der Waals surface area contributed by atoms with Crippen LogP contribution >= 0.6 is 0 Å². The minimum atomic E-state index is -4.84. The summed E-state index contributed by atoms with van der Waals surface area (Å²) in [4.78, 5) is 26.2. The third kappa shape index (κ3) is 8.46. The first kappa shape index (κ1) is 20.7. The van der Waals surface area contributed by atoms with Crippen molar-refractivity contribution in [1.82, 2.24) is 20.4 Å². The highest BCUT2D eigenvalue weighted by molar-refractivity contribution is 5.81. The van der Waals surface area contributed by atoms with E-state index in [0.29, 0.717) is 26.1 Å². The Balaban J connectivity index is 2.33. The van der Waals surface area contributed by atoms with Crippen LogP contribution in [0.3, 0.4) is 0 Å². The maximum atomic E-state index is 12.1. The molecule has 24 heavy (non-hydrogen) atoms. The van der Waals surface area contributed by atoms with Gasteiger partial charge in [0.2, 0.25) is 0 Å². The largest absolute Gasteiger partial charge is 0.471 e. The van der Waals surface area contributed by atoms with Crippen molar-refractivity contribution >= 4 is 11.9 Å². The summed E-state index contributed by atoms with van der Waals surface area (Å²) in [6.07, 6.45) is -4.41. The van der Waals surface area contributed by atoms with Gasteiger partial charge in [-0.25, -0.2) is 0 Å². The molecule has 10 heteroatoms. The van der Waals surface area contributed by atoms with E-state index in [0.717, 1.165) is 26.2 Å². The second-order valence-corrected chi connectivity index (χ2v) is 5.55. The quantitative estimate of drug-likeness (QED) is 0.492. The average molecular weight is 354 g/mol. The number of rotatable bonds is 6. The van der Waals surface area contributed by atoms with Gasteiger partial charge in [0.15, 0.2) is 0 Å². The molecule has 0 spiro atoms. The summed E-state index contributed by atoms with van der Waals surface area (Å²) < 4.78 is 40.9. The zero-order valence-electron chi connectivity index (χ0n) is 13.8. The Bertz CT molecular complexity index is 407. The van der Waals surface area contributed by atoms with Gasteiger partial charge < -0.3 is 20.3 Å². The van der Waals surface area contributed by atoms with E-state index in [2.05, 4.69) is 15.0 Å². The Hall–Kier alpha value is -1.39. The fraction of sp³-hybridized carbons (Fsp3) is 0.857. The number of esters is 1. The highest BCUT2D eigenvalue weighted by Crippen LogP contribution is 2.13. The third-order valence-electron chi connectivity index (χ3n) is 3.72. The highest BCUT2D eigenvalue weighted by Gasteiger charge is 2.38. The molecule has 0 aromatic carbocycles. The molecule has 0 radical (unpaired) electrons. The monoisotopic (exact) mass is 354 g/mol. The van der Waals surface area contributed by atoms with Crippen molar-refractivity contribution in [3.05, 3.63) is 0 Å². The Labute approximate surface area is 139 Å². The molecular weight excluding hydrogens is 329 g/mol. The Morgan fingerprint density at radius 2 is 1.75 bits per heavy atom. The molecule has 1 saturated heterocycles. The van der Waals surface area contributed by atoms with Crippen LogP contribution in [0, 0.1) is 0 Å². The lowest BCUT2D eigenvalue weighted by Gasteiger charge is -2.25. The molecule has 0 aromatic heterocycles. The van der Waals surface area contributed by atoms with E-state index in [1.54, 1.807) is 0 Å².